The smallest absolute Gasteiger partial charge is 0.238 e. The third-order valence-corrected chi connectivity index (χ3v) is 13.2. The summed E-state index contributed by atoms with van der Waals surface area (Å²) in [6.45, 7) is 0. The van der Waals surface area contributed by atoms with Crippen LogP contribution in [-0.2, 0) is 0 Å². The Balaban J connectivity index is 1.11. The van der Waals surface area contributed by atoms with Crippen LogP contribution >= 0.6 is 0 Å². The molecule has 318 valence electrons. The van der Waals surface area contributed by atoms with E-state index in [0.717, 1.165) is 82.7 Å². The predicted molar refractivity (Wildman–Crippen MR) is 281 cm³/mol. The monoisotopic (exact) mass is 867 g/mol. The summed E-state index contributed by atoms with van der Waals surface area (Å²) in [6, 6.07) is 88.5. The first-order valence-corrected chi connectivity index (χ1v) is 23.0. The Labute approximate surface area is 393 Å². The number of hydrogen-bond acceptors (Lipinski definition) is 3. The largest absolute Gasteiger partial charge is 0.307 e. The van der Waals surface area contributed by atoms with E-state index in [2.05, 4.69) is 221 Å². The molecule has 0 fully saturated rings. The standard InChI is InChI=1S/C63H41N5/c1-5-18-42(19-6-1)44-32-34-45(35-33-44)50-39-51(49-27-17-26-48(38-49)43-20-7-2-8-21-43)41-52(40-50)67-57-30-15-13-28-53(57)55-36-37-56-54-29-14-16-31-58(54)68(60(56)59(55)67)63-65-61(46-22-9-3-10-23-46)64-62(66-63)47-24-11-4-12-25-47/h1-41H. The molecule has 5 heteroatoms. The molecule has 0 spiro atoms. The average Bonchev–Trinajstić information content (AvgIpc) is 3.95. The molecule has 0 aliphatic heterocycles. The summed E-state index contributed by atoms with van der Waals surface area (Å²) < 4.78 is 4.73. The molecule has 0 amide bonds. The molecule has 68 heavy (non-hydrogen) atoms. The Hall–Kier alpha value is -9.19. The maximum Gasteiger partial charge on any atom is 0.238 e. The average molecular weight is 868 g/mol. The van der Waals surface area contributed by atoms with Gasteiger partial charge in [-0.3, -0.25) is 4.57 Å². The first-order valence-electron chi connectivity index (χ1n) is 23.0. The Bertz CT molecular complexity index is 3930. The van der Waals surface area contributed by atoms with Crippen molar-refractivity contribution in [3.8, 4) is 78.9 Å². The van der Waals surface area contributed by atoms with Gasteiger partial charge in [0.05, 0.1) is 22.1 Å². The summed E-state index contributed by atoms with van der Waals surface area (Å²) in [7, 11) is 0. The molecular formula is C63H41N5. The molecule has 0 bridgehead atoms. The first kappa shape index (κ1) is 39.2. The van der Waals surface area contributed by atoms with Crippen molar-refractivity contribution in [1.29, 1.82) is 0 Å². The lowest BCUT2D eigenvalue weighted by Crippen LogP contribution is -2.07. The molecule has 0 unspecified atom stereocenters. The minimum atomic E-state index is 0.555. The van der Waals surface area contributed by atoms with Gasteiger partial charge in [-0.25, -0.2) is 4.98 Å². The Morgan fingerprint density at radius 1 is 0.235 bits per heavy atom. The second-order valence-electron chi connectivity index (χ2n) is 17.2. The van der Waals surface area contributed by atoms with E-state index in [-0.39, 0.29) is 0 Å². The zero-order valence-corrected chi connectivity index (χ0v) is 36.9. The van der Waals surface area contributed by atoms with Crippen molar-refractivity contribution in [2.45, 2.75) is 0 Å². The molecule has 3 heterocycles. The fourth-order valence-electron chi connectivity index (χ4n) is 9.94. The number of aromatic nitrogens is 5. The number of rotatable bonds is 8. The lowest BCUT2D eigenvalue weighted by Gasteiger charge is -2.16. The van der Waals surface area contributed by atoms with E-state index in [1.54, 1.807) is 0 Å². The van der Waals surface area contributed by atoms with E-state index in [9.17, 15) is 0 Å². The van der Waals surface area contributed by atoms with Crippen LogP contribution in [0.2, 0.25) is 0 Å². The van der Waals surface area contributed by atoms with Crippen LogP contribution < -0.4 is 0 Å². The van der Waals surface area contributed by atoms with Crippen molar-refractivity contribution in [2.24, 2.45) is 0 Å². The Kier molecular flexibility index (Phi) is 9.43. The maximum atomic E-state index is 5.34. The van der Waals surface area contributed by atoms with Gasteiger partial charge in [0.1, 0.15) is 0 Å². The number of para-hydroxylation sites is 2. The van der Waals surface area contributed by atoms with Crippen LogP contribution in [0.5, 0.6) is 0 Å². The van der Waals surface area contributed by atoms with E-state index in [1.807, 2.05) is 36.4 Å². The highest BCUT2D eigenvalue weighted by atomic mass is 15.2. The summed E-state index contributed by atoms with van der Waals surface area (Å²) in [5.74, 6) is 1.78. The third-order valence-electron chi connectivity index (χ3n) is 13.2. The highest BCUT2D eigenvalue weighted by molar-refractivity contribution is 6.23. The van der Waals surface area contributed by atoms with Gasteiger partial charge in [-0.2, -0.15) is 9.97 Å². The summed E-state index contributed by atoms with van der Waals surface area (Å²) in [4.78, 5) is 15.8. The van der Waals surface area contributed by atoms with E-state index in [1.165, 1.54) is 22.3 Å². The summed E-state index contributed by atoms with van der Waals surface area (Å²) in [6.07, 6.45) is 0. The molecule has 5 nitrogen and oxygen atoms in total. The molecule has 0 N–H and O–H groups in total. The summed E-state index contributed by atoms with van der Waals surface area (Å²) >= 11 is 0. The van der Waals surface area contributed by atoms with Gasteiger partial charge in [0.15, 0.2) is 11.6 Å². The van der Waals surface area contributed by atoms with Crippen molar-refractivity contribution < 1.29 is 0 Å². The van der Waals surface area contributed by atoms with Gasteiger partial charge >= 0.3 is 0 Å². The molecule has 0 saturated carbocycles. The van der Waals surface area contributed by atoms with Gasteiger partial charge in [0.2, 0.25) is 5.95 Å². The zero-order chi connectivity index (χ0) is 45.0. The van der Waals surface area contributed by atoms with Gasteiger partial charge in [0, 0.05) is 38.4 Å². The van der Waals surface area contributed by atoms with Crippen LogP contribution in [0.1, 0.15) is 0 Å². The van der Waals surface area contributed by atoms with Crippen LogP contribution in [0.3, 0.4) is 0 Å². The molecule has 0 saturated heterocycles. The van der Waals surface area contributed by atoms with Crippen molar-refractivity contribution in [3.05, 3.63) is 249 Å². The fourth-order valence-corrected chi connectivity index (χ4v) is 9.94. The molecule has 0 atom stereocenters. The minimum Gasteiger partial charge on any atom is -0.307 e. The second kappa shape index (κ2) is 16.4. The Morgan fingerprint density at radius 3 is 1.15 bits per heavy atom. The Morgan fingerprint density at radius 2 is 0.603 bits per heavy atom. The van der Waals surface area contributed by atoms with Gasteiger partial charge in [-0.05, 0) is 80.9 Å². The normalized spacial score (nSPS) is 11.5. The molecule has 13 aromatic rings. The summed E-state index contributed by atoms with van der Waals surface area (Å²) in [5.41, 5.74) is 16.4. The SMILES string of the molecule is c1ccc(-c2ccc(-c3cc(-c4cccc(-c5ccccc5)c4)cc(-n4c5ccccc5c5ccc6c7ccccc7n(-c7nc(-c8ccccc8)nc(-c8ccccc8)n7)c6c54)c3)cc2)cc1. The fraction of sp³-hybridized carbons (Fsp3) is 0. The minimum absolute atomic E-state index is 0.555. The molecule has 3 aromatic heterocycles. The molecule has 10 aromatic carbocycles. The second-order valence-corrected chi connectivity index (χ2v) is 17.2. The molecule has 0 radical (unpaired) electrons. The number of benzene rings is 10. The van der Waals surface area contributed by atoms with Crippen molar-refractivity contribution in [3.63, 3.8) is 0 Å². The molecule has 0 aliphatic rings. The highest BCUT2D eigenvalue weighted by Gasteiger charge is 2.24. The van der Waals surface area contributed by atoms with Gasteiger partial charge < -0.3 is 4.57 Å². The van der Waals surface area contributed by atoms with Crippen LogP contribution in [0, 0.1) is 0 Å². The number of hydrogen-bond donors (Lipinski definition) is 0. The third kappa shape index (κ3) is 6.76. The first-order chi connectivity index (χ1) is 33.7. The van der Waals surface area contributed by atoms with E-state index < -0.39 is 0 Å². The molecule has 13 rings (SSSR count). The predicted octanol–water partition coefficient (Wildman–Crippen LogP) is 16.1. The maximum absolute atomic E-state index is 5.34. The zero-order valence-electron chi connectivity index (χ0n) is 36.9. The van der Waals surface area contributed by atoms with E-state index in [0.29, 0.717) is 17.6 Å². The van der Waals surface area contributed by atoms with Crippen LogP contribution in [0.15, 0.2) is 249 Å². The molecular weight excluding hydrogens is 827 g/mol. The summed E-state index contributed by atoms with van der Waals surface area (Å²) in [5, 5.41) is 4.54. The molecule has 0 aliphatic carbocycles. The number of fused-ring (bicyclic) bond motifs is 7. The quantitative estimate of drug-likeness (QED) is 0.153. The van der Waals surface area contributed by atoms with Crippen molar-refractivity contribution in [2.75, 3.05) is 0 Å². The van der Waals surface area contributed by atoms with E-state index in [4.69, 9.17) is 15.0 Å². The lowest BCUT2D eigenvalue weighted by molar-refractivity contribution is 0.953. The van der Waals surface area contributed by atoms with Gasteiger partial charge in [0.25, 0.3) is 0 Å². The van der Waals surface area contributed by atoms with Gasteiger partial charge in [-0.1, -0.05) is 212 Å². The van der Waals surface area contributed by atoms with Crippen LogP contribution in [0.4, 0.5) is 0 Å². The lowest BCUT2D eigenvalue weighted by atomic mass is 9.94. The van der Waals surface area contributed by atoms with Crippen LogP contribution in [-0.4, -0.2) is 24.1 Å². The van der Waals surface area contributed by atoms with E-state index >= 15 is 0 Å². The van der Waals surface area contributed by atoms with Gasteiger partial charge in [-0.15, -0.1) is 0 Å². The highest BCUT2D eigenvalue weighted by Crippen LogP contribution is 2.43. The van der Waals surface area contributed by atoms with Crippen molar-refractivity contribution >= 4 is 43.6 Å². The van der Waals surface area contributed by atoms with Crippen LogP contribution in [0.25, 0.3) is 123 Å². The number of nitrogens with zero attached hydrogens (tertiary/aromatic N) is 5. The van der Waals surface area contributed by atoms with Crippen molar-refractivity contribution in [1.82, 2.24) is 24.1 Å². The topological polar surface area (TPSA) is 48.5 Å².